The molecule has 0 heterocycles. The van der Waals surface area contributed by atoms with Crippen molar-refractivity contribution in [2.24, 2.45) is 70.5 Å². The summed E-state index contributed by atoms with van der Waals surface area (Å²) in [5, 5.41) is 33.5. The van der Waals surface area contributed by atoms with Gasteiger partial charge in [0.25, 0.3) is 0 Å². The highest BCUT2D eigenvalue weighted by atomic mass is 16.5. The van der Waals surface area contributed by atoms with Crippen molar-refractivity contribution in [3.05, 3.63) is 0 Å². The summed E-state index contributed by atoms with van der Waals surface area (Å²) < 4.78 is 23.5. The molecule has 6 aliphatic rings. The molecule has 1 amide bonds. The summed E-state index contributed by atoms with van der Waals surface area (Å²) in [7, 11) is 2.70. The molecular weight excluding hydrogens is 809 g/mol. The molecule has 14 nitrogen and oxygen atoms in total. The molecule has 6 aliphatic carbocycles. The van der Waals surface area contributed by atoms with Gasteiger partial charge in [-0.15, -0.1) is 0 Å². The maximum atomic E-state index is 13.5. The third-order valence-corrected chi connectivity index (χ3v) is 17.7. The fraction of sp³-hybridized carbons (Fsp3) is 0.898. The first-order valence-corrected chi connectivity index (χ1v) is 24.7. The largest absolute Gasteiger partial charge is 0.481 e. The van der Waals surface area contributed by atoms with E-state index in [0.29, 0.717) is 43.9 Å². The molecule has 6 fully saturated rings. The van der Waals surface area contributed by atoms with Crippen LogP contribution in [-0.4, -0.2) is 95.9 Å². The van der Waals surface area contributed by atoms with Crippen LogP contribution in [0.15, 0.2) is 0 Å². The number of aliphatic carboxylic acids is 2. The van der Waals surface area contributed by atoms with E-state index in [-0.39, 0.29) is 89.7 Å². The van der Waals surface area contributed by atoms with Gasteiger partial charge in [0, 0.05) is 12.1 Å². The smallest absolute Gasteiger partial charge is 0.308 e. The van der Waals surface area contributed by atoms with E-state index in [1.165, 1.54) is 14.2 Å². The Morgan fingerprint density at radius 3 is 1.49 bits per heavy atom. The third-order valence-electron chi connectivity index (χ3n) is 17.7. The van der Waals surface area contributed by atoms with Crippen LogP contribution in [0.4, 0.5) is 0 Å². The molecule has 63 heavy (non-hydrogen) atoms. The Bertz CT molecular complexity index is 1560. The van der Waals surface area contributed by atoms with E-state index in [1.54, 1.807) is 0 Å². The Labute approximate surface area is 375 Å². The number of carbonyl (C=O) groups is 5. The maximum Gasteiger partial charge on any atom is 0.308 e. The van der Waals surface area contributed by atoms with Gasteiger partial charge in [0.15, 0.2) is 0 Å². The zero-order valence-corrected chi connectivity index (χ0v) is 39.0. The summed E-state index contributed by atoms with van der Waals surface area (Å²) in [4.78, 5) is 62.3. The van der Waals surface area contributed by atoms with Crippen molar-refractivity contribution < 1.29 is 58.3 Å². The van der Waals surface area contributed by atoms with Gasteiger partial charge >= 0.3 is 23.9 Å². The van der Waals surface area contributed by atoms with Crippen molar-refractivity contribution >= 4 is 29.8 Å². The van der Waals surface area contributed by atoms with Gasteiger partial charge < -0.3 is 39.7 Å². The topological polar surface area (TPSA) is 207 Å². The van der Waals surface area contributed by atoms with Crippen LogP contribution in [0.2, 0.25) is 0 Å². The van der Waals surface area contributed by atoms with Crippen molar-refractivity contribution in [3.63, 3.8) is 0 Å². The lowest BCUT2D eigenvalue weighted by atomic mass is 9.60. The zero-order chi connectivity index (χ0) is 45.6. The molecule has 14 heteroatoms. The number of esters is 2. The van der Waals surface area contributed by atoms with E-state index >= 15 is 0 Å². The Kier molecular flexibility index (Phi) is 17.4. The average molecular weight is 889 g/mol. The van der Waals surface area contributed by atoms with Crippen molar-refractivity contribution in [3.8, 4) is 0 Å². The minimum Gasteiger partial charge on any atom is -0.481 e. The number of carboxylic acids is 2. The highest BCUT2D eigenvalue weighted by molar-refractivity contribution is 5.86. The first-order valence-electron chi connectivity index (χ1n) is 24.7. The van der Waals surface area contributed by atoms with E-state index in [1.807, 2.05) is 0 Å². The van der Waals surface area contributed by atoms with Gasteiger partial charge in [0.1, 0.15) is 0 Å². The van der Waals surface area contributed by atoms with Crippen LogP contribution in [0, 0.1) is 70.5 Å². The maximum absolute atomic E-state index is 13.5. The number of carbonyl (C=O) groups excluding carboxylic acids is 3. The van der Waals surface area contributed by atoms with E-state index in [0.717, 1.165) is 89.9 Å². The lowest BCUT2D eigenvalue weighted by molar-refractivity contribution is -0.155. The van der Waals surface area contributed by atoms with Crippen molar-refractivity contribution in [1.29, 1.82) is 0 Å². The predicted molar refractivity (Wildman–Crippen MR) is 233 cm³/mol. The van der Waals surface area contributed by atoms with Gasteiger partial charge in [0.05, 0.1) is 68.2 Å². The van der Waals surface area contributed by atoms with E-state index in [2.05, 4.69) is 38.5 Å². The van der Waals surface area contributed by atoms with E-state index < -0.39 is 41.7 Å². The number of amides is 1. The third kappa shape index (κ3) is 12.0. The summed E-state index contributed by atoms with van der Waals surface area (Å²) >= 11 is 0. The normalized spacial score (nSPS) is 39.6. The standard InChI is InChI=1S/C49H80N2O12/c1-27-23-35(17-21-37(27)43(51-59)40-25-29(47(57)60-5)7-19-38(40)45(53)54)62-33-13-9-31(10-14-33)49(3,4)32-11-15-34(16-12-32)63-36-18-22-42(28(2)24-36)50-44(52)41-26-30(48(58)61-6)8-20-39(41)46(55)56/h27-43,51,59H,7-26H2,1-6H3,(H,50,52)(H,53,54)(H,55,56). The van der Waals surface area contributed by atoms with Gasteiger partial charge in [-0.1, -0.05) is 27.7 Å². The van der Waals surface area contributed by atoms with Crippen LogP contribution in [0.3, 0.4) is 0 Å². The van der Waals surface area contributed by atoms with Crippen LogP contribution >= 0.6 is 0 Å². The second-order valence-corrected chi connectivity index (χ2v) is 21.5. The quantitative estimate of drug-likeness (QED) is 0.0796. The molecule has 0 aromatic carbocycles. The Morgan fingerprint density at radius 1 is 0.540 bits per heavy atom. The fourth-order valence-corrected chi connectivity index (χ4v) is 13.7. The molecule has 13 unspecified atom stereocenters. The molecule has 0 bridgehead atoms. The number of methoxy groups -OCH3 is 2. The minimum absolute atomic E-state index is 0.0468. The monoisotopic (exact) mass is 889 g/mol. The van der Waals surface area contributed by atoms with Gasteiger partial charge in [-0.05, 0) is 169 Å². The Hall–Kier alpha value is -2.81. The first-order chi connectivity index (χ1) is 30.0. The van der Waals surface area contributed by atoms with Gasteiger partial charge in [-0.3, -0.25) is 24.0 Å². The number of nitrogens with one attached hydrogen (secondary N) is 2. The molecule has 0 aromatic heterocycles. The van der Waals surface area contributed by atoms with Crippen LogP contribution in [-0.2, 0) is 42.9 Å². The van der Waals surface area contributed by atoms with E-state index in [9.17, 15) is 39.4 Å². The summed E-state index contributed by atoms with van der Waals surface area (Å²) in [6.45, 7) is 9.29. The van der Waals surface area contributed by atoms with Crippen molar-refractivity contribution in [1.82, 2.24) is 10.8 Å². The molecular formula is C49H80N2O12. The summed E-state index contributed by atoms with van der Waals surface area (Å²) in [5.41, 5.74) is 2.75. The summed E-state index contributed by atoms with van der Waals surface area (Å²) in [6.07, 6.45) is 17.0. The molecule has 0 spiro atoms. The number of carboxylic acid groups (broad SMARTS) is 2. The predicted octanol–water partition coefficient (Wildman–Crippen LogP) is 7.57. The van der Waals surface area contributed by atoms with Gasteiger partial charge in [-0.25, -0.2) is 5.48 Å². The SMILES string of the molecule is COC(=O)C1CCC(C(=O)O)C(C(=O)NC2CCC(OC3CCC(C(C)(C)C4CCC(OC5CCC(C(NO)C6CC(C(=O)OC)CCC6C(=O)O)C(C)C5)CC4)CC3)CC2C)C1. The van der Waals surface area contributed by atoms with Crippen LogP contribution in [0.5, 0.6) is 0 Å². The number of hydroxylamine groups is 1. The number of rotatable bonds is 15. The number of hydrogen-bond acceptors (Lipinski definition) is 11. The average Bonchev–Trinajstić information content (AvgIpc) is 3.27. The van der Waals surface area contributed by atoms with Crippen LogP contribution < -0.4 is 10.8 Å². The molecule has 0 aromatic rings. The molecule has 6 saturated carbocycles. The highest BCUT2D eigenvalue weighted by Crippen LogP contribution is 2.50. The molecule has 0 saturated heterocycles. The molecule has 0 aliphatic heterocycles. The lowest BCUT2D eigenvalue weighted by Crippen LogP contribution is -2.51. The summed E-state index contributed by atoms with van der Waals surface area (Å²) in [6, 6.07) is -0.455. The molecule has 13 atom stereocenters. The summed E-state index contributed by atoms with van der Waals surface area (Å²) in [5.74, 6) is -4.29. The van der Waals surface area contributed by atoms with Crippen molar-refractivity contribution in [2.75, 3.05) is 14.2 Å². The van der Waals surface area contributed by atoms with Gasteiger partial charge in [0.2, 0.25) is 5.91 Å². The zero-order valence-electron chi connectivity index (χ0n) is 39.0. The van der Waals surface area contributed by atoms with Gasteiger partial charge in [-0.2, -0.15) is 0 Å². The molecule has 5 N–H and O–H groups in total. The second kappa shape index (κ2) is 22.1. The fourth-order valence-electron chi connectivity index (χ4n) is 13.7. The second-order valence-electron chi connectivity index (χ2n) is 21.5. The minimum atomic E-state index is -0.984. The Balaban J connectivity index is 0.903. The first kappa shape index (κ1) is 49.6. The number of hydrogen-bond donors (Lipinski definition) is 5. The molecule has 358 valence electrons. The molecule has 0 radical (unpaired) electrons. The molecule has 6 rings (SSSR count). The number of ether oxygens (including phenoxy) is 4. The van der Waals surface area contributed by atoms with Crippen LogP contribution in [0.25, 0.3) is 0 Å². The van der Waals surface area contributed by atoms with E-state index in [4.69, 9.17) is 18.9 Å². The van der Waals surface area contributed by atoms with Crippen molar-refractivity contribution in [2.45, 2.75) is 193 Å². The highest BCUT2D eigenvalue weighted by Gasteiger charge is 2.48. The lowest BCUT2D eigenvalue weighted by Gasteiger charge is -2.48. The Morgan fingerprint density at radius 2 is 1.02 bits per heavy atom. The van der Waals surface area contributed by atoms with Crippen LogP contribution in [0.1, 0.15) is 156 Å².